The van der Waals surface area contributed by atoms with Crippen molar-refractivity contribution in [3.8, 4) is 40.1 Å². The first-order valence-electron chi connectivity index (χ1n) is 14.0. The lowest BCUT2D eigenvalue weighted by molar-refractivity contribution is -0.358. The van der Waals surface area contributed by atoms with Gasteiger partial charge in [-0.3, -0.25) is 9.59 Å². The maximum absolute atomic E-state index is 12.9. The summed E-state index contributed by atoms with van der Waals surface area (Å²) in [4.78, 5) is 24.2. The van der Waals surface area contributed by atoms with E-state index in [1.54, 1.807) is 0 Å². The van der Waals surface area contributed by atoms with Crippen LogP contribution in [-0.4, -0.2) is 132 Å². The summed E-state index contributed by atoms with van der Waals surface area (Å²) in [5, 5.41) is 103. The number of benzene rings is 2. The summed E-state index contributed by atoms with van der Waals surface area (Å²) >= 11 is 0. The summed E-state index contributed by atoms with van der Waals surface area (Å²) in [6, 6.07) is 5.25. The van der Waals surface area contributed by atoms with Gasteiger partial charge in [0.2, 0.25) is 12.0 Å². The number of carbonyl (C=O) groups is 1. The molecular weight excluding hydrogens is 636 g/mol. The maximum atomic E-state index is 12.9. The summed E-state index contributed by atoms with van der Waals surface area (Å²) in [6.45, 7) is -0.342. The molecule has 1 aromatic heterocycles. The van der Waals surface area contributed by atoms with Crippen LogP contribution in [-0.2, 0) is 23.7 Å². The third kappa shape index (κ3) is 6.63. The minimum atomic E-state index is -1.97. The number of aliphatic hydroxyl groups excluding tert-OH is 6. The average Bonchev–Trinajstić information content (AvgIpc) is 3.03. The predicted molar refractivity (Wildman–Crippen MR) is 151 cm³/mol. The molecule has 2 aromatic carbocycles. The summed E-state index contributed by atoms with van der Waals surface area (Å²) in [5.41, 5.74) is -1.32. The third-order valence-electron chi connectivity index (χ3n) is 7.66. The topological polar surface area (TPSA) is 296 Å². The van der Waals surface area contributed by atoms with Gasteiger partial charge >= 0.3 is 5.97 Å². The first kappa shape index (κ1) is 34.1. The molecular formula is C29H32O18. The van der Waals surface area contributed by atoms with Gasteiger partial charge in [-0.15, -0.1) is 0 Å². The Labute approximate surface area is 263 Å². The summed E-state index contributed by atoms with van der Waals surface area (Å²) in [7, 11) is 0. The minimum absolute atomic E-state index is 0.0989. The van der Waals surface area contributed by atoms with Crippen molar-refractivity contribution in [3.05, 3.63) is 40.6 Å². The van der Waals surface area contributed by atoms with Crippen LogP contribution in [0.15, 0.2) is 39.5 Å². The van der Waals surface area contributed by atoms with Gasteiger partial charge in [-0.25, -0.2) is 0 Å². The highest BCUT2D eigenvalue weighted by Gasteiger charge is 2.51. The second-order valence-corrected chi connectivity index (χ2v) is 10.9. The van der Waals surface area contributed by atoms with E-state index in [0.717, 1.165) is 31.2 Å². The standard InChI is InChI=1S/C29H32O18/c1-9(31)42-8-18-21(37)23(39)25(41)28(46-18)47-27-24(40)20(36)17(7-30)45-29(27)44-16-6-14(35)19-13(34)5-15(43-26(19)22(16)38)10-2-3-11(32)12(33)4-10/h2-6,17-18,20-21,23-25,27-30,32-33,35-41H,7-8H2,1H3/t17-,18-,20-,21-,23-,24+,25-,27-,28-,29-/m0/s1. The molecule has 3 heterocycles. The van der Waals surface area contributed by atoms with Gasteiger partial charge in [0.15, 0.2) is 40.7 Å². The third-order valence-corrected chi connectivity index (χ3v) is 7.66. The molecule has 2 saturated heterocycles. The van der Waals surface area contributed by atoms with Crippen molar-refractivity contribution in [2.75, 3.05) is 13.2 Å². The van der Waals surface area contributed by atoms with E-state index >= 15 is 0 Å². The fourth-order valence-corrected chi connectivity index (χ4v) is 5.13. The second kappa shape index (κ2) is 13.5. The zero-order chi connectivity index (χ0) is 34.3. The van der Waals surface area contributed by atoms with E-state index in [1.165, 1.54) is 6.07 Å². The number of aliphatic hydroxyl groups is 6. The molecule has 256 valence electrons. The monoisotopic (exact) mass is 668 g/mol. The molecule has 0 aliphatic carbocycles. The first-order valence-corrected chi connectivity index (χ1v) is 14.0. The largest absolute Gasteiger partial charge is 0.507 e. The molecule has 18 nitrogen and oxygen atoms in total. The lowest BCUT2D eigenvalue weighted by Gasteiger charge is -2.45. The number of aromatic hydroxyl groups is 4. The number of phenols is 4. The van der Waals surface area contributed by atoms with Crippen molar-refractivity contribution < 1.29 is 84.0 Å². The van der Waals surface area contributed by atoms with Gasteiger partial charge in [-0.2, -0.15) is 0 Å². The van der Waals surface area contributed by atoms with Crippen molar-refractivity contribution in [3.63, 3.8) is 0 Å². The van der Waals surface area contributed by atoms with Crippen molar-refractivity contribution in [1.29, 1.82) is 0 Å². The van der Waals surface area contributed by atoms with Gasteiger partial charge in [0.1, 0.15) is 66.2 Å². The van der Waals surface area contributed by atoms with Gasteiger partial charge in [-0.1, -0.05) is 0 Å². The Morgan fingerprint density at radius 3 is 2.15 bits per heavy atom. The number of hydrogen-bond acceptors (Lipinski definition) is 18. The van der Waals surface area contributed by atoms with Gasteiger partial charge in [0, 0.05) is 24.6 Å². The van der Waals surface area contributed by atoms with Gasteiger partial charge in [0.05, 0.1) is 6.61 Å². The number of rotatable bonds is 8. The highest BCUT2D eigenvalue weighted by molar-refractivity contribution is 5.91. The second-order valence-electron chi connectivity index (χ2n) is 10.9. The molecule has 0 unspecified atom stereocenters. The van der Waals surface area contributed by atoms with Crippen LogP contribution < -0.4 is 10.2 Å². The number of fused-ring (bicyclic) bond motifs is 1. The van der Waals surface area contributed by atoms with Gasteiger partial charge < -0.3 is 79.2 Å². The molecule has 3 aromatic rings. The van der Waals surface area contributed by atoms with Crippen LogP contribution in [0.5, 0.6) is 28.7 Å². The van der Waals surface area contributed by atoms with Crippen molar-refractivity contribution in [2.45, 2.75) is 68.3 Å². The van der Waals surface area contributed by atoms with E-state index in [2.05, 4.69) is 0 Å². The summed E-state index contributed by atoms with van der Waals surface area (Å²) in [5.74, 6) is -4.20. The highest BCUT2D eigenvalue weighted by atomic mass is 16.8. The van der Waals surface area contributed by atoms with Gasteiger partial charge in [0.25, 0.3) is 0 Å². The van der Waals surface area contributed by atoms with Crippen LogP contribution in [0.3, 0.4) is 0 Å². The fraction of sp³-hybridized carbons (Fsp3) is 0.448. The quantitative estimate of drug-likeness (QED) is 0.0695. The number of ether oxygens (including phenoxy) is 5. The lowest BCUT2D eigenvalue weighted by atomic mass is 9.97. The molecule has 18 heteroatoms. The number of phenolic OH excluding ortho intramolecular Hbond substituents is 4. The summed E-state index contributed by atoms with van der Waals surface area (Å²) in [6.07, 6.45) is -17.9. The SMILES string of the molecule is CC(=O)OC[C@@H]1O[C@@H](O[C@@H]2[C@@H](Oc3cc(O)c4c(=O)cc(-c5ccc(O)c(O)c5)oc4c3O)O[C@@H](CO)[C@H](O)[C@H]2O)[C@@H](O)[C@@H](O)[C@H]1O. The van der Waals surface area contributed by atoms with Crippen LogP contribution in [0.25, 0.3) is 22.3 Å². The van der Waals surface area contributed by atoms with E-state index in [-0.39, 0.29) is 11.3 Å². The Bertz CT molecular complexity index is 1670. The Kier molecular flexibility index (Phi) is 9.78. The Morgan fingerprint density at radius 2 is 1.49 bits per heavy atom. The molecule has 10 N–H and O–H groups in total. The number of hydrogen-bond donors (Lipinski definition) is 10. The van der Waals surface area contributed by atoms with Gasteiger partial charge in [-0.05, 0) is 18.2 Å². The molecule has 2 aliphatic heterocycles. The molecule has 0 saturated carbocycles. The molecule has 47 heavy (non-hydrogen) atoms. The molecule has 0 bridgehead atoms. The molecule has 0 amide bonds. The van der Waals surface area contributed by atoms with Crippen LogP contribution in [0.2, 0.25) is 0 Å². The van der Waals surface area contributed by atoms with Crippen LogP contribution in [0, 0.1) is 0 Å². The Morgan fingerprint density at radius 1 is 0.809 bits per heavy atom. The van der Waals surface area contributed by atoms with Crippen molar-refractivity contribution in [2.24, 2.45) is 0 Å². The van der Waals surface area contributed by atoms with Crippen LogP contribution >= 0.6 is 0 Å². The normalized spacial score (nSPS) is 31.0. The van der Waals surface area contributed by atoms with E-state index in [4.69, 9.17) is 28.1 Å². The lowest BCUT2D eigenvalue weighted by Crippen LogP contribution is -2.65. The number of esters is 1. The fourth-order valence-electron chi connectivity index (χ4n) is 5.13. The van der Waals surface area contributed by atoms with E-state index in [9.17, 15) is 60.7 Å². The maximum Gasteiger partial charge on any atom is 0.302 e. The smallest absolute Gasteiger partial charge is 0.302 e. The van der Waals surface area contributed by atoms with E-state index in [1.807, 2.05) is 0 Å². The average molecular weight is 669 g/mol. The molecule has 2 fully saturated rings. The summed E-state index contributed by atoms with van der Waals surface area (Å²) < 4.78 is 32.8. The molecule has 0 spiro atoms. The van der Waals surface area contributed by atoms with E-state index in [0.29, 0.717) is 0 Å². The van der Waals surface area contributed by atoms with E-state index < -0.39 is 126 Å². The van der Waals surface area contributed by atoms with Crippen molar-refractivity contribution >= 4 is 16.9 Å². The molecule has 0 radical (unpaired) electrons. The molecule has 10 atom stereocenters. The van der Waals surface area contributed by atoms with Crippen LogP contribution in [0.1, 0.15) is 6.92 Å². The Hall–Kier alpha value is -4.24. The minimum Gasteiger partial charge on any atom is -0.507 e. The van der Waals surface area contributed by atoms with Crippen LogP contribution in [0.4, 0.5) is 0 Å². The highest BCUT2D eigenvalue weighted by Crippen LogP contribution is 2.42. The van der Waals surface area contributed by atoms with Crippen molar-refractivity contribution in [1.82, 2.24) is 0 Å². The number of carbonyl (C=O) groups excluding carboxylic acids is 1. The zero-order valence-corrected chi connectivity index (χ0v) is 24.3. The molecule has 5 rings (SSSR count). The first-order chi connectivity index (χ1) is 22.2. The zero-order valence-electron chi connectivity index (χ0n) is 24.3. The predicted octanol–water partition coefficient (Wildman–Crippen LogP) is -2.14. The Balaban J connectivity index is 1.50. The molecule has 2 aliphatic rings.